The molecule has 4 heteroatoms. The molecular weight excluding hydrogens is 633 g/mol. The predicted octanol–water partition coefficient (Wildman–Crippen LogP) is 11.8. The Hall–Kier alpha value is -7.04. The molecule has 3 N–H and O–H groups in total. The zero-order valence-electron chi connectivity index (χ0n) is 28.2. The first-order valence-electron chi connectivity index (χ1n) is 17.5. The Balaban J connectivity index is 1.16. The van der Waals surface area contributed by atoms with Gasteiger partial charge < -0.3 is 10.3 Å². The molecule has 4 nitrogen and oxygen atoms in total. The maximum absolute atomic E-state index is 9.13. The third kappa shape index (κ3) is 4.69. The summed E-state index contributed by atoms with van der Waals surface area (Å²) in [5.41, 5.74) is 13.8. The van der Waals surface area contributed by atoms with Crippen molar-refractivity contribution < 1.29 is 0 Å². The number of hydrogen-bond acceptors (Lipinski definition) is 1. The number of benzene rings is 9. The number of hydrogen-bond donors (Lipinski definition) is 2. The molecule has 1 aromatic heterocycles. The predicted molar refractivity (Wildman–Crippen MR) is 220 cm³/mol. The molecule has 0 unspecified atom stereocenters. The molecule has 0 amide bonds. The van der Waals surface area contributed by atoms with Crippen LogP contribution in [0.3, 0.4) is 0 Å². The van der Waals surface area contributed by atoms with Crippen LogP contribution in [0.4, 0.5) is 0 Å². The number of para-hydroxylation sites is 1. The van der Waals surface area contributed by atoms with E-state index in [-0.39, 0.29) is 5.84 Å². The van der Waals surface area contributed by atoms with Crippen molar-refractivity contribution in [2.45, 2.75) is 0 Å². The maximum atomic E-state index is 9.13. The molecule has 1 heterocycles. The summed E-state index contributed by atoms with van der Waals surface area (Å²) in [7, 11) is 0. The first-order chi connectivity index (χ1) is 25.6. The molecule has 0 bridgehead atoms. The number of nitrogens with zero attached hydrogens (tertiary/aromatic N) is 2. The van der Waals surface area contributed by atoms with Gasteiger partial charge in [-0.2, -0.15) is 0 Å². The van der Waals surface area contributed by atoms with Gasteiger partial charge in [-0.25, -0.2) is 4.99 Å². The molecule has 0 atom stereocenters. The Kier molecular flexibility index (Phi) is 6.76. The smallest absolute Gasteiger partial charge is 0.154 e. The first kappa shape index (κ1) is 29.8. The fourth-order valence-corrected chi connectivity index (χ4v) is 7.98. The van der Waals surface area contributed by atoms with Gasteiger partial charge in [-0.1, -0.05) is 140 Å². The molecule has 0 fully saturated rings. The van der Waals surface area contributed by atoms with E-state index in [0.717, 1.165) is 54.9 Å². The molecule has 0 aliphatic rings. The Morgan fingerprint density at radius 1 is 0.462 bits per heavy atom. The van der Waals surface area contributed by atoms with E-state index in [1.54, 1.807) is 0 Å². The van der Waals surface area contributed by atoms with Crippen molar-refractivity contribution in [2.75, 3.05) is 0 Å². The third-order valence-corrected chi connectivity index (χ3v) is 10.4. The Morgan fingerprint density at radius 2 is 1.08 bits per heavy atom. The molecule has 52 heavy (non-hydrogen) atoms. The van der Waals surface area contributed by atoms with E-state index in [2.05, 4.69) is 143 Å². The highest BCUT2D eigenvalue weighted by Crippen LogP contribution is 2.40. The van der Waals surface area contributed by atoms with Crippen molar-refractivity contribution in [2.24, 2.45) is 10.7 Å². The number of fused-ring (bicyclic) bond motifs is 10. The minimum absolute atomic E-state index is 0.140. The van der Waals surface area contributed by atoms with Crippen LogP contribution in [0.5, 0.6) is 0 Å². The number of aromatic nitrogens is 1. The number of nitrogens with two attached hydrogens (primary N) is 1. The molecular formula is C48H32N4. The third-order valence-electron chi connectivity index (χ3n) is 10.4. The van der Waals surface area contributed by atoms with Gasteiger partial charge in [0.05, 0.1) is 11.0 Å². The molecule has 244 valence electrons. The lowest BCUT2D eigenvalue weighted by Crippen LogP contribution is -2.15. The first-order valence-corrected chi connectivity index (χ1v) is 17.5. The van der Waals surface area contributed by atoms with Gasteiger partial charge in [0.15, 0.2) is 5.84 Å². The second kappa shape index (κ2) is 11.8. The largest absolute Gasteiger partial charge is 0.383 e. The minimum atomic E-state index is 0.140. The average molecular weight is 665 g/mol. The van der Waals surface area contributed by atoms with E-state index in [1.165, 1.54) is 38.0 Å². The van der Waals surface area contributed by atoms with Crippen LogP contribution in [-0.2, 0) is 0 Å². The minimum Gasteiger partial charge on any atom is -0.383 e. The topological polar surface area (TPSA) is 67.2 Å². The van der Waals surface area contributed by atoms with Gasteiger partial charge in [-0.05, 0) is 85.2 Å². The van der Waals surface area contributed by atoms with Crippen molar-refractivity contribution in [3.8, 4) is 16.8 Å². The SMILES string of the molecule is N=C(N=C(N)c1ccccc1)c1cccc2c3ccccc3c3cc(-c4ccc5c(c4)c4ccccc4n5-c4ccc5ccccc5c4)ccc3c12. The van der Waals surface area contributed by atoms with Gasteiger partial charge in [0.2, 0.25) is 0 Å². The van der Waals surface area contributed by atoms with Gasteiger partial charge in [-0.15, -0.1) is 0 Å². The van der Waals surface area contributed by atoms with Crippen molar-refractivity contribution in [3.63, 3.8) is 0 Å². The van der Waals surface area contributed by atoms with Crippen molar-refractivity contribution in [1.29, 1.82) is 5.41 Å². The molecule has 0 saturated heterocycles. The molecule has 0 aliphatic carbocycles. The molecule has 9 aromatic carbocycles. The lowest BCUT2D eigenvalue weighted by atomic mass is 9.89. The summed E-state index contributed by atoms with van der Waals surface area (Å²) in [6.07, 6.45) is 0. The van der Waals surface area contributed by atoms with Crippen LogP contribution in [0.25, 0.3) is 81.7 Å². The van der Waals surface area contributed by atoms with E-state index in [0.29, 0.717) is 5.84 Å². The Labute approximate surface area is 300 Å². The number of amidine groups is 2. The fraction of sp³-hybridized carbons (Fsp3) is 0. The lowest BCUT2D eigenvalue weighted by molar-refractivity contribution is 1.19. The second-order valence-electron chi connectivity index (χ2n) is 13.4. The molecule has 0 saturated carbocycles. The van der Waals surface area contributed by atoms with Crippen LogP contribution >= 0.6 is 0 Å². The van der Waals surface area contributed by atoms with Crippen LogP contribution in [0.1, 0.15) is 11.1 Å². The molecule has 10 rings (SSSR count). The standard InChI is InChI=1S/C48H32N4/c49-47(31-12-2-1-3-13-31)51-48(50)41-19-10-18-39-36-15-6-7-16-37(36)42-28-33(22-25-40(42)46(39)41)34-23-26-45-43(29-34)38-17-8-9-20-44(38)52(45)35-24-21-30-11-4-5-14-32(30)27-35/h1-29H,(H3,49,50,51). The van der Waals surface area contributed by atoms with Crippen molar-refractivity contribution in [1.82, 2.24) is 4.57 Å². The van der Waals surface area contributed by atoms with Gasteiger partial charge in [0.25, 0.3) is 0 Å². The van der Waals surface area contributed by atoms with E-state index in [4.69, 9.17) is 11.1 Å². The van der Waals surface area contributed by atoms with Crippen LogP contribution in [0.2, 0.25) is 0 Å². The Morgan fingerprint density at radius 3 is 1.90 bits per heavy atom. The van der Waals surface area contributed by atoms with Crippen molar-refractivity contribution in [3.05, 3.63) is 187 Å². The summed E-state index contributed by atoms with van der Waals surface area (Å²) < 4.78 is 2.38. The summed E-state index contributed by atoms with van der Waals surface area (Å²) in [4.78, 5) is 4.59. The molecule has 10 aromatic rings. The average Bonchev–Trinajstić information content (AvgIpc) is 3.54. The second-order valence-corrected chi connectivity index (χ2v) is 13.4. The highest BCUT2D eigenvalue weighted by atomic mass is 15.0. The number of aliphatic imine (C=N–C) groups is 1. The van der Waals surface area contributed by atoms with E-state index in [1.807, 2.05) is 42.5 Å². The van der Waals surface area contributed by atoms with Gasteiger partial charge in [-0.3, -0.25) is 5.41 Å². The zero-order chi connectivity index (χ0) is 34.8. The van der Waals surface area contributed by atoms with Crippen LogP contribution in [0.15, 0.2) is 181 Å². The van der Waals surface area contributed by atoms with Crippen LogP contribution in [0, 0.1) is 5.41 Å². The summed E-state index contributed by atoms with van der Waals surface area (Å²) in [6, 6.07) is 61.8. The molecule has 0 spiro atoms. The fourth-order valence-electron chi connectivity index (χ4n) is 7.98. The van der Waals surface area contributed by atoms with Crippen LogP contribution < -0.4 is 5.73 Å². The highest BCUT2D eigenvalue weighted by Gasteiger charge is 2.17. The molecule has 0 aliphatic heterocycles. The highest BCUT2D eigenvalue weighted by molar-refractivity contribution is 6.30. The maximum Gasteiger partial charge on any atom is 0.154 e. The molecule has 0 radical (unpaired) electrons. The quantitative estimate of drug-likeness (QED) is 0.110. The van der Waals surface area contributed by atoms with Crippen molar-refractivity contribution >= 4 is 76.6 Å². The normalized spacial score (nSPS) is 12.1. The summed E-state index contributed by atoms with van der Waals surface area (Å²) in [6.45, 7) is 0. The van der Waals surface area contributed by atoms with E-state index >= 15 is 0 Å². The number of rotatable bonds is 4. The van der Waals surface area contributed by atoms with Gasteiger partial charge in [0, 0.05) is 33.0 Å². The Bertz CT molecular complexity index is 3100. The van der Waals surface area contributed by atoms with E-state index < -0.39 is 0 Å². The van der Waals surface area contributed by atoms with E-state index in [9.17, 15) is 0 Å². The summed E-state index contributed by atoms with van der Waals surface area (Å²) >= 11 is 0. The summed E-state index contributed by atoms with van der Waals surface area (Å²) in [5.74, 6) is 0.466. The summed E-state index contributed by atoms with van der Waals surface area (Å²) in [5, 5.41) is 20.7. The van der Waals surface area contributed by atoms with Gasteiger partial charge in [0.1, 0.15) is 5.84 Å². The monoisotopic (exact) mass is 664 g/mol. The number of nitrogens with one attached hydrogen (secondary N) is 1. The van der Waals surface area contributed by atoms with Gasteiger partial charge >= 0.3 is 0 Å². The lowest BCUT2D eigenvalue weighted by Gasteiger charge is -2.15. The zero-order valence-corrected chi connectivity index (χ0v) is 28.2. The van der Waals surface area contributed by atoms with Crippen LogP contribution in [-0.4, -0.2) is 16.2 Å².